The lowest BCUT2D eigenvalue weighted by Crippen LogP contribution is -2.17. The molecule has 0 amide bonds. The molecular formula is C11H32N2P2Si2. The number of hydrogen-bond acceptors (Lipinski definition) is 2. The Morgan fingerprint density at radius 1 is 0.647 bits per heavy atom. The van der Waals surface area contributed by atoms with Gasteiger partial charge >= 0.3 is 0 Å². The van der Waals surface area contributed by atoms with Gasteiger partial charge in [-0.25, -0.2) is 0 Å². The molecule has 104 valence electrons. The largest absolute Gasteiger partial charge is 0.338 e. The van der Waals surface area contributed by atoms with Crippen LogP contribution in [0.3, 0.4) is 0 Å². The second-order valence-electron chi connectivity index (χ2n) is 7.93. The van der Waals surface area contributed by atoms with Crippen LogP contribution in [0.4, 0.5) is 0 Å². The third-order valence-electron chi connectivity index (χ3n) is 1.83. The van der Waals surface area contributed by atoms with Crippen molar-refractivity contribution in [3.63, 3.8) is 0 Å². The van der Waals surface area contributed by atoms with Crippen LogP contribution in [0.25, 0.3) is 0 Å². The predicted molar refractivity (Wildman–Crippen MR) is 94.0 cm³/mol. The zero-order valence-electron chi connectivity index (χ0n) is 13.5. The molecule has 0 unspecified atom stereocenters. The monoisotopic (exact) mass is 310 g/mol. The SMILES string of the molecule is C[Si](C)(C)N=P(C)(C)CP(C)(C)=N[Si](C)(C)C. The standard InChI is InChI=1S/C11H32N2P2Si2/c1-14(2,12-16(5,6)7)11-15(3,4)13-17(8,9)10/h11H2,1-10H3. The molecule has 6 heteroatoms. The first-order valence-corrected chi connectivity index (χ1v) is 18.8. The van der Waals surface area contributed by atoms with Crippen LogP contribution < -0.4 is 0 Å². The van der Waals surface area contributed by atoms with Gasteiger partial charge in [-0.15, -0.1) is 0 Å². The zero-order chi connectivity index (χ0) is 14.1. The molecule has 0 bridgehead atoms. The van der Waals surface area contributed by atoms with E-state index in [2.05, 4.69) is 65.9 Å². The Bertz CT molecular complexity index is 328. The molecule has 17 heavy (non-hydrogen) atoms. The second-order valence-corrected chi connectivity index (χ2v) is 25.8. The Hall–Kier alpha value is 0.894. The van der Waals surface area contributed by atoms with E-state index in [1.807, 2.05) is 0 Å². The first-order valence-electron chi connectivity index (χ1n) is 6.27. The van der Waals surface area contributed by atoms with E-state index in [0.29, 0.717) is 0 Å². The van der Waals surface area contributed by atoms with Crippen LogP contribution in [0, 0.1) is 0 Å². The molecule has 0 aromatic rings. The third-order valence-corrected chi connectivity index (χ3v) is 16.5. The quantitative estimate of drug-likeness (QED) is 0.481. The van der Waals surface area contributed by atoms with Crippen LogP contribution in [0.5, 0.6) is 0 Å². The van der Waals surface area contributed by atoms with Crippen LogP contribution in [0.1, 0.15) is 0 Å². The topological polar surface area (TPSA) is 24.7 Å². The van der Waals surface area contributed by atoms with Crippen molar-refractivity contribution in [1.29, 1.82) is 0 Å². The summed E-state index contributed by atoms with van der Waals surface area (Å²) in [6.07, 6.45) is 0. The van der Waals surface area contributed by atoms with Gasteiger partial charge in [0.2, 0.25) is 0 Å². The van der Waals surface area contributed by atoms with Crippen molar-refractivity contribution in [3.8, 4) is 0 Å². The molecule has 0 saturated heterocycles. The maximum absolute atomic E-state index is 5.19. The Kier molecular flexibility index (Phi) is 5.77. The average molecular weight is 311 g/mol. The second kappa shape index (κ2) is 5.48. The van der Waals surface area contributed by atoms with Crippen LogP contribution in [-0.2, 0) is 0 Å². The summed E-state index contributed by atoms with van der Waals surface area (Å²) in [7, 11) is -4.79. The van der Waals surface area contributed by atoms with Crippen molar-refractivity contribution in [2.24, 2.45) is 8.82 Å². The summed E-state index contributed by atoms with van der Waals surface area (Å²) in [5.74, 6) is 1.27. The van der Waals surface area contributed by atoms with E-state index in [9.17, 15) is 0 Å². The van der Waals surface area contributed by atoms with Gasteiger partial charge in [0.25, 0.3) is 0 Å². The van der Waals surface area contributed by atoms with Gasteiger partial charge in [0, 0.05) is 5.90 Å². The molecule has 0 aliphatic rings. The van der Waals surface area contributed by atoms with Gasteiger partial charge in [0.1, 0.15) is 0 Å². The summed E-state index contributed by atoms with van der Waals surface area (Å²) in [4.78, 5) is 0. The lowest BCUT2D eigenvalue weighted by Gasteiger charge is -2.28. The molecule has 0 aliphatic carbocycles. The van der Waals surface area contributed by atoms with E-state index in [-0.39, 0.29) is 0 Å². The van der Waals surface area contributed by atoms with Crippen LogP contribution in [0.2, 0.25) is 39.3 Å². The highest BCUT2D eigenvalue weighted by Gasteiger charge is 2.22. The van der Waals surface area contributed by atoms with Gasteiger partial charge in [-0.3, -0.25) is 0 Å². The predicted octanol–water partition coefficient (Wildman–Crippen LogP) is 5.54. The minimum Gasteiger partial charge on any atom is -0.338 e. The van der Waals surface area contributed by atoms with Crippen LogP contribution >= 0.6 is 14.1 Å². The fourth-order valence-electron chi connectivity index (χ4n) is 2.53. The molecule has 0 aliphatic heterocycles. The van der Waals surface area contributed by atoms with Crippen molar-refractivity contribution in [2.75, 3.05) is 32.6 Å². The van der Waals surface area contributed by atoms with E-state index < -0.39 is 30.6 Å². The molecular weight excluding hydrogens is 278 g/mol. The van der Waals surface area contributed by atoms with E-state index in [1.165, 1.54) is 5.90 Å². The van der Waals surface area contributed by atoms with Crippen molar-refractivity contribution in [1.82, 2.24) is 0 Å². The fraction of sp³-hybridized carbons (Fsp3) is 1.00. The summed E-state index contributed by atoms with van der Waals surface area (Å²) in [6, 6.07) is 0. The maximum atomic E-state index is 5.19. The molecule has 0 N–H and O–H groups in total. The minimum absolute atomic E-state index is 1.11. The van der Waals surface area contributed by atoms with Crippen molar-refractivity contribution in [2.45, 2.75) is 39.3 Å². The number of hydrogen-bond donors (Lipinski definition) is 0. The highest BCUT2D eigenvalue weighted by Crippen LogP contribution is 2.58. The van der Waals surface area contributed by atoms with Gasteiger partial charge < -0.3 is 8.82 Å². The van der Waals surface area contributed by atoms with E-state index in [0.717, 1.165) is 0 Å². The molecule has 0 aromatic heterocycles. The molecule has 0 rings (SSSR count). The first-order chi connectivity index (χ1) is 7.12. The highest BCUT2D eigenvalue weighted by atomic mass is 31.2. The van der Waals surface area contributed by atoms with Gasteiger partial charge in [0.15, 0.2) is 16.5 Å². The molecule has 0 heterocycles. The molecule has 0 fully saturated rings. The molecule has 0 aromatic carbocycles. The number of nitrogens with zero attached hydrogens (tertiary/aromatic N) is 2. The smallest absolute Gasteiger partial charge is 0.170 e. The van der Waals surface area contributed by atoms with Gasteiger partial charge in [-0.2, -0.15) is 0 Å². The Morgan fingerprint density at radius 2 is 0.882 bits per heavy atom. The van der Waals surface area contributed by atoms with E-state index in [4.69, 9.17) is 8.82 Å². The Labute approximate surface area is 111 Å². The van der Waals surface area contributed by atoms with E-state index >= 15 is 0 Å². The van der Waals surface area contributed by atoms with Crippen molar-refractivity contribution >= 4 is 30.6 Å². The molecule has 0 saturated carbocycles. The van der Waals surface area contributed by atoms with Gasteiger partial charge in [-0.05, 0) is 40.8 Å². The van der Waals surface area contributed by atoms with Crippen molar-refractivity contribution in [3.05, 3.63) is 0 Å². The van der Waals surface area contributed by atoms with Gasteiger partial charge in [0.05, 0.1) is 0 Å². The highest BCUT2D eigenvalue weighted by molar-refractivity contribution is 7.82. The first kappa shape index (κ1) is 17.9. The third kappa shape index (κ3) is 10.5. The summed E-state index contributed by atoms with van der Waals surface area (Å²) in [6.45, 7) is 23.6. The van der Waals surface area contributed by atoms with Crippen LogP contribution in [0.15, 0.2) is 8.82 Å². The van der Waals surface area contributed by atoms with Crippen molar-refractivity contribution < 1.29 is 0 Å². The summed E-state index contributed by atoms with van der Waals surface area (Å²) in [5, 5.41) is 0. The Morgan fingerprint density at radius 3 is 1.06 bits per heavy atom. The lowest BCUT2D eigenvalue weighted by atomic mass is 11.8. The van der Waals surface area contributed by atoms with E-state index in [1.54, 1.807) is 0 Å². The number of rotatable bonds is 4. The maximum Gasteiger partial charge on any atom is 0.170 e. The molecule has 0 spiro atoms. The Balaban J connectivity index is 5.22. The summed E-state index contributed by atoms with van der Waals surface area (Å²) >= 11 is 0. The summed E-state index contributed by atoms with van der Waals surface area (Å²) < 4.78 is 10.4. The van der Waals surface area contributed by atoms with Crippen LogP contribution in [-0.4, -0.2) is 49.0 Å². The fourth-order valence-corrected chi connectivity index (χ4v) is 23.9. The molecule has 0 radical (unpaired) electrons. The summed E-state index contributed by atoms with van der Waals surface area (Å²) in [5.41, 5.74) is 0. The average Bonchev–Trinajstić information content (AvgIpc) is 1.65. The molecule has 0 atom stereocenters. The van der Waals surface area contributed by atoms with Gasteiger partial charge in [-0.1, -0.05) is 39.3 Å². The molecule has 2 nitrogen and oxygen atoms in total. The zero-order valence-corrected chi connectivity index (χ0v) is 17.3. The minimum atomic E-state index is -1.29. The lowest BCUT2D eigenvalue weighted by molar-refractivity contribution is 1.56. The normalized spacial score (nSPS) is 14.7.